The largest absolute Gasteiger partial charge is 0.366 e. The van der Waals surface area contributed by atoms with E-state index >= 15 is 0 Å². The molecule has 5 nitrogen and oxygen atoms in total. The van der Waals surface area contributed by atoms with Crippen molar-refractivity contribution in [3.63, 3.8) is 0 Å². The first-order valence-corrected chi connectivity index (χ1v) is 9.67. The predicted octanol–water partition coefficient (Wildman–Crippen LogP) is 1.88. The molecule has 138 valence electrons. The Balaban J connectivity index is 1.62. The number of hydrogen-bond acceptors (Lipinski definition) is 4. The normalized spacial score (nSPS) is 24.8. The maximum atomic E-state index is 13.0. The zero-order valence-electron chi connectivity index (χ0n) is 15.3. The van der Waals surface area contributed by atoms with Crippen molar-refractivity contribution < 1.29 is 9.53 Å². The Hall–Kier alpha value is -1.43. The SMILES string of the molecule is CCCN(C(=O)C1CNCCO1)C1CCCN(Cc2ccccc2)C1. The van der Waals surface area contributed by atoms with Crippen LogP contribution in [0.2, 0.25) is 0 Å². The molecule has 3 rings (SSSR count). The number of carbonyl (C=O) groups excluding carboxylic acids is 1. The first kappa shape index (κ1) is 18.4. The number of likely N-dealkylation sites (tertiary alicyclic amines) is 1. The van der Waals surface area contributed by atoms with Crippen LogP contribution in [-0.4, -0.2) is 67.2 Å². The molecule has 2 saturated heterocycles. The van der Waals surface area contributed by atoms with Crippen LogP contribution in [0.5, 0.6) is 0 Å². The highest BCUT2D eigenvalue weighted by Crippen LogP contribution is 2.20. The molecule has 1 amide bonds. The van der Waals surface area contributed by atoms with E-state index in [1.807, 2.05) is 0 Å². The number of hydrogen-bond donors (Lipinski definition) is 1. The van der Waals surface area contributed by atoms with Gasteiger partial charge in [0.15, 0.2) is 0 Å². The second-order valence-corrected chi connectivity index (χ2v) is 7.11. The topological polar surface area (TPSA) is 44.8 Å². The van der Waals surface area contributed by atoms with Crippen LogP contribution in [0, 0.1) is 0 Å². The van der Waals surface area contributed by atoms with Crippen molar-refractivity contribution in [3.8, 4) is 0 Å². The van der Waals surface area contributed by atoms with Crippen molar-refractivity contribution in [1.82, 2.24) is 15.1 Å². The number of piperidine rings is 1. The van der Waals surface area contributed by atoms with Crippen molar-refractivity contribution in [2.45, 2.75) is 44.9 Å². The van der Waals surface area contributed by atoms with Crippen LogP contribution in [0.1, 0.15) is 31.7 Å². The lowest BCUT2D eigenvalue weighted by molar-refractivity contribution is -0.149. The Morgan fingerprint density at radius 1 is 1.36 bits per heavy atom. The Morgan fingerprint density at radius 3 is 2.92 bits per heavy atom. The summed E-state index contributed by atoms with van der Waals surface area (Å²) in [6.07, 6.45) is 2.91. The molecule has 0 radical (unpaired) electrons. The van der Waals surface area contributed by atoms with E-state index in [0.717, 1.165) is 52.0 Å². The molecule has 2 atom stereocenters. The minimum absolute atomic E-state index is 0.167. The smallest absolute Gasteiger partial charge is 0.253 e. The molecule has 2 fully saturated rings. The van der Waals surface area contributed by atoms with E-state index in [4.69, 9.17) is 4.74 Å². The van der Waals surface area contributed by atoms with Crippen molar-refractivity contribution in [2.75, 3.05) is 39.3 Å². The summed E-state index contributed by atoms with van der Waals surface area (Å²) < 4.78 is 5.71. The summed E-state index contributed by atoms with van der Waals surface area (Å²) in [5, 5.41) is 3.27. The number of nitrogens with zero attached hydrogens (tertiary/aromatic N) is 2. The van der Waals surface area contributed by atoms with Crippen LogP contribution in [0.25, 0.3) is 0 Å². The van der Waals surface area contributed by atoms with Crippen LogP contribution < -0.4 is 5.32 Å². The quantitative estimate of drug-likeness (QED) is 0.855. The second kappa shape index (κ2) is 9.32. The van der Waals surface area contributed by atoms with Crippen molar-refractivity contribution >= 4 is 5.91 Å². The highest BCUT2D eigenvalue weighted by Gasteiger charge is 2.33. The first-order chi connectivity index (χ1) is 12.3. The molecule has 0 bridgehead atoms. The summed E-state index contributed by atoms with van der Waals surface area (Å²) in [5.41, 5.74) is 1.34. The van der Waals surface area contributed by atoms with Gasteiger partial charge in [0.1, 0.15) is 6.10 Å². The average Bonchev–Trinajstić information content (AvgIpc) is 2.67. The lowest BCUT2D eigenvalue weighted by Crippen LogP contribution is -2.56. The molecule has 1 aromatic rings. The minimum Gasteiger partial charge on any atom is -0.366 e. The van der Waals surface area contributed by atoms with E-state index in [1.165, 1.54) is 5.56 Å². The number of ether oxygens (including phenoxy) is 1. The highest BCUT2D eigenvalue weighted by molar-refractivity contribution is 5.81. The molecule has 2 aliphatic rings. The Labute approximate surface area is 151 Å². The van der Waals surface area contributed by atoms with E-state index in [-0.39, 0.29) is 12.0 Å². The third-order valence-corrected chi connectivity index (χ3v) is 5.12. The molecular weight excluding hydrogens is 314 g/mol. The lowest BCUT2D eigenvalue weighted by atomic mass is 10.0. The van der Waals surface area contributed by atoms with Gasteiger partial charge in [-0.05, 0) is 31.4 Å². The van der Waals surface area contributed by atoms with Gasteiger partial charge in [-0.3, -0.25) is 9.69 Å². The summed E-state index contributed by atoms with van der Waals surface area (Å²) in [4.78, 5) is 17.6. The average molecular weight is 345 g/mol. The number of morpholine rings is 1. The Morgan fingerprint density at radius 2 is 2.20 bits per heavy atom. The van der Waals surface area contributed by atoms with Crippen molar-refractivity contribution in [1.29, 1.82) is 0 Å². The maximum Gasteiger partial charge on any atom is 0.253 e. The van der Waals surface area contributed by atoms with Crippen LogP contribution in [0.15, 0.2) is 30.3 Å². The first-order valence-electron chi connectivity index (χ1n) is 9.67. The standard InChI is InChI=1S/C20H31N3O2/c1-2-11-23(20(24)19-14-21-10-13-25-19)18-9-6-12-22(16-18)15-17-7-4-3-5-8-17/h3-5,7-8,18-19,21H,2,6,9-16H2,1H3. The molecule has 2 aliphatic heterocycles. The summed E-state index contributed by atoms with van der Waals surface area (Å²) in [5.74, 6) is 0.167. The number of nitrogens with one attached hydrogen (secondary N) is 1. The van der Waals surface area contributed by atoms with Crippen molar-refractivity contribution in [3.05, 3.63) is 35.9 Å². The summed E-state index contributed by atoms with van der Waals surface area (Å²) in [7, 11) is 0. The third-order valence-electron chi connectivity index (χ3n) is 5.12. The molecular formula is C20H31N3O2. The van der Waals surface area contributed by atoms with Crippen molar-refractivity contribution in [2.24, 2.45) is 0 Å². The minimum atomic E-state index is -0.315. The van der Waals surface area contributed by atoms with Gasteiger partial charge in [0.2, 0.25) is 0 Å². The summed E-state index contributed by atoms with van der Waals surface area (Å²) in [6.45, 7) is 8.11. The number of carbonyl (C=O) groups is 1. The summed E-state index contributed by atoms with van der Waals surface area (Å²) >= 11 is 0. The van der Waals surface area contributed by atoms with Gasteiger partial charge in [0.25, 0.3) is 5.91 Å². The third kappa shape index (κ3) is 5.03. The predicted molar refractivity (Wildman–Crippen MR) is 99.4 cm³/mol. The fourth-order valence-electron chi connectivity index (χ4n) is 3.89. The van der Waals surface area contributed by atoms with E-state index in [9.17, 15) is 4.79 Å². The summed E-state index contributed by atoms with van der Waals surface area (Å²) in [6, 6.07) is 10.9. The molecule has 1 N–H and O–H groups in total. The van der Waals surface area contributed by atoms with Gasteiger partial charge in [0.05, 0.1) is 6.61 Å². The van der Waals surface area contributed by atoms with Gasteiger partial charge in [-0.15, -0.1) is 0 Å². The lowest BCUT2D eigenvalue weighted by Gasteiger charge is -2.41. The van der Waals surface area contributed by atoms with E-state index in [2.05, 4.69) is 52.4 Å². The molecule has 0 aliphatic carbocycles. The van der Waals surface area contributed by atoms with Gasteiger partial charge in [0, 0.05) is 38.8 Å². The van der Waals surface area contributed by atoms with Gasteiger partial charge in [-0.25, -0.2) is 0 Å². The second-order valence-electron chi connectivity index (χ2n) is 7.11. The van der Waals surface area contributed by atoms with Crippen LogP contribution in [0.3, 0.4) is 0 Å². The zero-order chi connectivity index (χ0) is 17.5. The molecule has 5 heteroatoms. The van der Waals surface area contributed by atoms with Crippen LogP contribution in [-0.2, 0) is 16.1 Å². The molecule has 25 heavy (non-hydrogen) atoms. The Kier molecular flexibility index (Phi) is 6.84. The number of amides is 1. The fraction of sp³-hybridized carbons (Fsp3) is 0.650. The zero-order valence-corrected chi connectivity index (χ0v) is 15.3. The number of rotatable bonds is 6. The Bertz CT molecular complexity index is 531. The van der Waals surface area contributed by atoms with Gasteiger partial charge < -0.3 is 15.0 Å². The molecule has 1 aromatic carbocycles. The van der Waals surface area contributed by atoms with Gasteiger partial charge in [-0.1, -0.05) is 37.3 Å². The fourth-order valence-corrected chi connectivity index (χ4v) is 3.89. The maximum absolute atomic E-state index is 13.0. The molecule has 2 unspecified atom stereocenters. The van der Waals surface area contributed by atoms with E-state index < -0.39 is 0 Å². The van der Waals surface area contributed by atoms with Crippen LogP contribution in [0.4, 0.5) is 0 Å². The van der Waals surface area contributed by atoms with Crippen LogP contribution >= 0.6 is 0 Å². The van der Waals surface area contributed by atoms with Gasteiger partial charge in [-0.2, -0.15) is 0 Å². The molecule has 0 aromatic heterocycles. The monoisotopic (exact) mass is 345 g/mol. The van der Waals surface area contributed by atoms with E-state index in [1.54, 1.807) is 0 Å². The highest BCUT2D eigenvalue weighted by atomic mass is 16.5. The number of benzene rings is 1. The molecule has 0 spiro atoms. The molecule has 2 heterocycles. The molecule has 0 saturated carbocycles. The van der Waals surface area contributed by atoms with E-state index in [0.29, 0.717) is 19.2 Å². The van der Waals surface area contributed by atoms with Gasteiger partial charge >= 0.3 is 0 Å².